The Morgan fingerprint density at radius 2 is 2.06 bits per heavy atom. The van der Waals surface area contributed by atoms with Crippen molar-refractivity contribution in [2.75, 3.05) is 27.2 Å². The molecule has 0 aromatic carbocycles. The molecule has 0 aliphatic heterocycles. The van der Waals surface area contributed by atoms with E-state index < -0.39 is 0 Å². The molecule has 86 valence electrons. The van der Waals surface area contributed by atoms with E-state index in [1.54, 1.807) is 19.2 Å². The first-order valence-electron chi connectivity index (χ1n) is 4.49. The number of ether oxygens (including phenoxy) is 1. The van der Waals surface area contributed by atoms with Gasteiger partial charge in [-0.2, -0.15) is 12.1 Å². The predicted octanol–water partition coefficient (Wildman–Crippen LogP) is -0.757. The van der Waals surface area contributed by atoms with Gasteiger partial charge in [-0.25, -0.2) is 11.1 Å². The molecule has 5 heteroatoms. The summed E-state index contributed by atoms with van der Waals surface area (Å²) in [6.45, 7) is 8.99. The van der Waals surface area contributed by atoms with Crippen molar-refractivity contribution in [3.8, 4) is 5.88 Å². The van der Waals surface area contributed by atoms with Crippen LogP contribution in [0, 0.1) is 19.9 Å². The largest absolute Gasteiger partial charge is 1.00 e. The number of hydrogen-bond acceptors (Lipinski definition) is 3. The Morgan fingerprint density at radius 1 is 1.50 bits per heavy atom. The molecule has 0 saturated heterocycles. The number of halogens is 1. The molecule has 16 heavy (non-hydrogen) atoms. The Morgan fingerprint density at radius 3 is 2.31 bits per heavy atom. The zero-order valence-corrected chi connectivity index (χ0v) is 13.7. The molecule has 0 bridgehead atoms. The maximum absolute atomic E-state index is 4.80. The summed E-state index contributed by atoms with van der Waals surface area (Å²) in [5.74, 6) is 0.504. The van der Waals surface area contributed by atoms with E-state index in [2.05, 4.69) is 40.8 Å². The predicted molar refractivity (Wildman–Crippen MR) is 65.5 cm³/mol. The van der Waals surface area contributed by atoms with Gasteiger partial charge in [-0.15, -0.1) is 13.1 Å². The van der Waals surface area contributed by atoms with Gasteiger partial charge in [0.05, 0.1) is 7.11 Å². The van der Waals surface area contributed by atoms with E-state index in [0.717, 1.165) is 17.7 Å². The maximum Gasteiger partial charge on any atom is 1.00 e. The van der Waals surface area contributed by atoms with Gasteiger partial charge in [0.15, 0.2) is 0 Å². The summed E-state index contributed by atoms with van der Waals surface area (Å²) < 4.78 is 5.56. The number of rotatable bonds is 3. The molecule has 1 aromatic rings. The standard InChI is InChI=1S/C6H5BrNO.C5H11N.Na/c1-9-6-4-2-3-5(7)8-6;1-4-6(3)5-2;/h2-3H,1H3;1-2,4-5H2,3H3;/q-1;-2;+1. The number of methoxy groups -OCH3 is 1. The van der Waals surface area contributed by atoms with Crippen LogP contribution in [0.2, 0.25) is 0 Å². The van der Waals surface area contributed by atoms with E-state index in [1.165, 1.54) is 0 Å². The van der Waals surface area contributed by atoms with Crippen molar-refractivity contribution in [2.45, 2.75) is 0 Å². The Balaban J connectivity index is 0. The van der Waals surface area contributed by atoms with Crippen LogP contribution in [0.4, 0.5) is 0 Å². The second-order valence-corrected chi connectivity index (χ2v) is 3.54. The summed E-state index contributed by atoms with van der Waals surface area (Å²) in [5, 5.41) is 0. The van der Waals surface area contributed by atoms with Crippen molar-refractivity contribution in [3.05, 3.63) is 36.6 Å². The third-order valence-corrected chi connectivity index (χ3v) is 2.03. The number of pyridine rings is 1. The van der Waals surface area contributed by atoms with Crippen LogP contribution in [0.15, 0.2) is 16.7 Å². The SMILES string of the molecule is COc1[c-]ccc(Br)n1.[CH2-]CN(C)C[CH2-].[Na+]. The summed E-state index contributed by atoms with van der Waals surface area (Å²) in [5.41, 5.74) is 0. The van der Waals surface area contributed by atoms with Crippen LogP contribution >= 0.6 is 15.9 Å². The average Bonchev–Trinajstić information content (AvgIpc) is 2.28. The minimum absolute atomic E-state index is 0. The van der Waals surface area contributed by atoms with Gasteiger partial charge in [-0.05, 0) is 7.05 Å². The second-order valence-electron chi connectivity index (χ2n) is 2.72. The fraction of sp³-hybridized carbons (Fsp3) is 0.364. The van der Waals surface area contributed by atoms with Crippen LogP contribution in [-0.2, 0) is 0 Å². The minimum Gasteiger partial charge on any atom is -0.497 e. The van der Waals surface area contributed by atoms with Crippen molar-refractivity contribution < 1.29 is 34.3 Å². The normalized spacial score (nSPS) is 8.88. The zero-order chi connectivity index (χ0) is 11.7. The number of nitrogens with zero attached hydrogens (tertiary/aromatic N) is 2. The van der Waals surface area contributed by atoms with Crippen molar-refractivity contribution in [1.29, 1.82) is 0 Å². The van der Waals surface area contributed by atoms with E-state index in [-0.39, 0.29) is 29.6 Å². The first-order valence-corrected chi connectivity index (χ1v) is 5.28. The van der Waals surface area contributed by atoms with Gasteiger partial charge in [0, 0.05) is 4.60 Å². The number of aromatic nitrogens is 1. The molecule has 0 N–H and O–H groups in total. The molecule has 1 heterocycles. The zero-order valence-electron chi connectivity index (χ0n) is 10.2. The van der Waals surface area contributed by atoms with Crippen LogP contribution in [-0.4, -0.2) is 37.1 Å². The molecule has 0 unspecified atom stereocenters. The summed E-state index contributed by atoms with van der Waals surface area (Å²) in [7, 11) is 3.55. The average molecular weight is 295 g/mol. The maximum atomic E-state index is 4.80. The summed E-state index contributed by atoms with van der Waals surface area (Å²) in [6.07, 6.45) is 0. The molecular formula is C11H16BrN2NaO-2. The third-order valence-electron chi connectivity index (χ3n) is 1.59. The van der Waals surface area contributed by atoms with Crippen LogP contribution in [0.25, 0.3) is 0 Å². The number of hydrogen-bond donors (Lipinski definition) is 0. The minimum atomic E-state index is 0. The fourth-order valence-electron chi connectivity index (χ4n) is 0.565. The molecule has 0 radical (unpaired) electrons. The van der Waals surface area contributed by atoms with Crippen molar-refractivity contribution in [3.63, 3.8) is 0 Å². The van der Waals surface area contributed by atoms with Crippen molar-refractivity contribution in [2.24, 2.45) is 0 Å². The molecule has 0 aliphatic carbocycles. The molecule has 0 aliphatic rings. The molecule has 3 nitrogen and oxygen atoms in total. The molecular weight excluding hydrogens is 279 g/mol. The molecule has 0 spiro atoms. The van der Waals surface area contributed by atoms with Gasteiger partial charge in [-0.3, -0.25) is 0 Å². The van der Waals surface area contributed by atoms with Gasteiger partial charge >= 0.3 is 29.6 Å². The second kappa shape index (κ2) is 11.9. The van der Waals surface area contributed by atoms with Gasteiger partial charge in [-0.1, -0.05) is 15.9 Å². The first kappa shape index (κ1) is 18.7. The quantitative estimate of drug-likeness (QED) is 0.416. The van der Waals surface area contributed by atoms with Crippen molar-refractivity contribution in [1.82, 2.24) is 9.88 Å². The molecule has 0 atom stereocenters. The van der Waals surface area contributed by atoms with Gasteiger partial charge < -0.3 is 23.5 Å². The van der Waals surface area contributed by atoms with E-state index in [4.69, 9.17) is 4.74 Å². The van der Waals surface area contributed by atoms with Crippen LogP contribution in [0.3, 0.4) is 0 Å². The first-order chi connectivity index (χ1) is 7.13. The molecule has 0 saturated carbocycles. The topological polar surface area (TPSA) is 25.4 Å². The fourth-order valence-corrected chi connectivity index (χ4v) is 0.858. The van der Waals surface area contributed by atoms with Gasteiger partial charge in [0.1, 0.15) is 5.88 Å². The van der Waals surface area contributed by atoms with Crippen molar-refractivity contribution >= 4 is 15.9 Å². The van der Waals surface area contributed by atoms with E-state index in [9.17, 15) is 0 Å². The van der Waals surface area contributed by atoms with Gasteiger partial charge in [0.25, 0.3) is 0 Å². The Bertz CT molecular complexity index is 270. The Hall–Kier alpha value is 0.390. The summed E-state index contributed by atoms with van der Waals surface area (Å²) in [6, 6.07) is 6.34. The van der Waals surface area contributed by atoms with Crippen LogP contribution in [0.1, 0.15) is 0 Å². The Labute approximate surface area is 129 Å². The Kier molecular flexibility index (Phi) is 13.9. The molecule has 0 amide bonds. The summed E-state index contributed by atoms with van der Waals surface area (Å²) in [4.78, 5) is 5.96. The molecule has 1 aromatic heterocycles. The molecule has 0 fully saturated rings. The third kappa shape index (κ3) is 9.60. The van der Waals surface area contributed by atoms with Gasteiger partial charge in [0.2, 0.25) is 0 Å². The van der Waals surface area contributed by atoms with Crippen LogP contribution < -0.4 is 34.3 Å². The van der Waals surface area contributed by atoms with E-state index >= 15 is 0 Å². The van der Waals surface area contributed by atoms with Crippen LogP contribution in [0.5, 0.6) is 5.88 Å². The monoisotopic (exact) mass is 294 g/mol. The molecule has 1 rings (SSSR count). The van der Waals surface area contributed by atoms with E-state index in [1.807, 2.05) is 11.9 Å². The summed E-state index contributed by atoms with van der Waals surface area (Å²) >= 11 is 3.19. The van der Waals surface area contributed by atoms with E-state index in [0.29, 0.717) is 5.88 Å². The smallest absolute Gasteiger partial charge is 0.497 e.